The first kappa shape index (κ1) is 13.6. The standard InChI is InChI=1S/C16H15N3O/c1-10-7-11(2)15(18)8-14(10)16(20)19-13-5-3-12(9-17)4-6-13/h3-8H,18H2,1-2H3,(H,19,20). The number of amides is 1. The van der Waals surface area contributed by atoms with E-state index in [2.05, 4.69) is 5.32 Å². The van der Waals surface area contributed by atoms with Crippen molar-refractivity contribution in [1.82, 2.24) is 0 Å². The van der Waals surface area contributed by atoms with Gasteiger partial charge in [-0.1, -0.05) is 6.07 Å². The number of nitrogens with two attached hydrogens (primary N) is 1. The number of nitriles is 1. The van der Waals surface area contributed by atoms with Gasteiger partial charge in [-0.05, 0) is 55.3 Å². The van der Waals surface area contributed by atoms with Crippen molar-refractivity contribution in [2.45, 2.75) is 13.8 Å². The number of nitrogen functional groups attached to an aromatic ring is 1. The molecule has 0 spiro atoms. The molecule has 2 rings (SSSR count). The van der Waals surface area contributed by atoms with Crippen LogP contribution in [0, 0.1) is 25.2 Å². The second kappa shape index (κ2) is 5.45. The molecule has 20 heavy (non-hydrogen) atoms. The van der Waals surface area contributed by atoms with Crippen LogP contribution in [0.25, 0.3) is 0 Å². The first-order valence-corrected chi connectivity index (χ1v) is 6.19. The van der Waals surface area contributed by atoms with Crippen molar-refractivity contribution in [3.05, 3.63) is 58.7 Å². The summed E-state index contributed by atoms with van der Waals surface area (Å²) in [5.74, 6) is -0.209. The van der Waals surface area contributed by atoms with Crippen molar-refractivity contribution in [2.75, 3.05) is 11.1 Å². The molecular weight excluding hydrogens is 250 g/mol. The van der Waals surface area contributed by atoms with Crippen LogP contribution < -0.4 is 11.1 Å². The number of carbonyl (C=O) groups excluding carboxylic acids is 1. The van der Waals surface area contributed by atoms with Gasteiger partial charge in [0.2, 0.25) is 0 Å². The lowest BCUT2D eigenvalue weighted by Crippen LogP contribution is -2.14. The van der Waals surface area contributed by atoms with Gasteiger partial charge in [0.05, 0.1) is 11.6 Å². The SMILES string of the molecule is Cc1cc(C)c(C(=O)Nc2ccc(C#N)cc2)cc1N. The van der Waals surface area contributed by atoms with Crippen molar-refractivity contribution >= 4 is 17.3 Å². The van der Waals surface area contributed by atoms with Crippen LogP contribution in [-0.4, -0.2) is 5.91 Å². The zero-order valence-electron chi connectivity index (χ0n) is 11.4. The fraction of sp³-hybridized carbons (Fsp3) is 0.125. The number of carbonyl (C=O) groups is 1. The molecule has 0 unspecified atom stereocenters. The average molecular weight is 265 g/mol. The summed E-state index contributed by atoms with van der Waals surface area (Å²) in [6.07, 6.45) is 0. The summed E-state index contributed by atoms with van der Waals surface area (Å²) in [5, 5.41) is 11.5. The number of rotatable bonds is 2. The number of hydrogen-bond acceptors (Lipinski definition) is 3. The molecule has 2 aromatic carbocycles. The Hall–Kier alpha value is -2.80. The van der Waals surface area contributed by atoms with E-state index in [1.807, 2.05) is 26.0 Å². The zero-order valence-corrected chi connectivity index (χ0v) is 11.4. The van der Waals surface area contributed by atoms with E-state index in [-0.39, 0.29) is 5.91 Å². The summed E-state index contributed by atoms with van der Waals surface area (Å²) < 4.78 is 0. The number of aryl methyl sites for hydroxylation is 2. The van der Waals surface area contributed by atoms with E-state index in [4.69, 9.17) is 11.0 Å². The van der Waals surface area contributed by atoms with Gasteiger partial charge in [0.1, 0.15) is 0 Å². The lowest BCUT2D eigenvalue weighted by atomic mass is 10.0. The Morgan fingerprint density at radius 2 is 1.80 bits per heavy atom. The predicted molar refractivity (Wildman–Crippen MR) is 79.4 cm³/mol. The van der Waals surface area contributed by atoms with E-state index >= 15 is 0 Å². The zero-order chi connectivity index (χ0) is 14.7. The van der Waals surface area contributed by atoms with E-state index in [0.717, 1.165) is 11.1 Å². The highest BCUT2D eigenvalue weighted by Gasteiger charge is 2.11. The minimum atomic E-state index is -0.209. The molecule has 4 heteroatoms. The maximum Gasteiger partial charge on any atom is 0.256 e. The third kappa shape index (κ3) is 2.78. The van der Waals surface area contributed by atoms with Crippen molar-refractivity contribution in [3.8, 4) is 6.07 Å². The Morgan fingerprint density at radius 1 is 1.15 bits per heavy atom. The summed E-state index contributed by atoms with van der Waals surface area (Å²) >= 11 is 0. The van der Waals surface area contributed by atoms with Gasteiger partial charge in [-0.3, -0.25) is 4.79 Å². The van der Waals surface area contributed by atoms with Crippen LogP contribution in [0.2, 0.25) is 0 Å². The van der Waals surface area contributed by atoms with E-state index < -0.39 is 0 Å². The second-order valence-corrected chi connectivity index (χ2v) is 4.67. The Morgan fingerprint density at radius 3 is 2.40 bits per heavy atom. The predicted octanol–water partition coefficient (Wildman–Crippen LogP) is 3.01. The number of anilines is 2. The third-order valence-electron chi connectivity index (χ3n) is 3.13. The first-order chi connectivity index (χ1) is 9.51. The monoisotopic (exact) mass is 265 g/mol. The molecule has 0 saturated carbocycles. The summed E-state index contributed by atoms with van der Waals surface area (Å²) in [6, 6.07) is 12.3. The van der Waals surface area contributed by atoms with Crippen LogP contribution in [0.15, 0.2) is 36.4 Å². The minimum absolute atomic E-state index is 0.209. The van der Waals surface area contributed by atoms with Crippen LogP contribution in [-0.2, 0) is 0 Å². The van der Waals surface area contributed by atoms with Gasteiger partial charge in [0, 0.05) is 16.9 Å². The fourth-order valence-corrected chi connectivity index (χ4v) is 1.94. The quantitative estimate of drug-likeness (QED) is 0.819. The Bertz CT molecular complexity index is 697. The first-order valence-electron chi connectivity index (χ1n) is 6.19. The van der Waals surface area contributed by atoms with Crippen molar-refractivity contribution in [3.63, 3.8) is 0 Å². The molecule has 0 heterocycles. The summed E-state index contributed by atoms with van der Waals surface area (Å²) in [6.45, 7) is 3.78. The average Bonchev–Trinajstić information content (AvgIpc) is 2.43. The highest BCUT2D eigenvalue weighted by atomic mass is 16.1. The summed E-state index contributed by atoms with van der Waals surface area (Å²) in [5.41, 5.74) is 10.0. The molecule has 0 aliphatic rings. The van der Waals surface area contributed by atoms with Gasteiger partial charge >= 0.3 is 0 Å². The van der Waals surface area contributed by atoms with E-state index in [9.17, 15) is 4.79 Å². The van der Waals surface area contributed by atoms with Crippen LogP contribution >= 0.6 is 0 Å². The second-order valence-electron chi connectivity index (χ2n) is 4.67. The maximum absolute atomic E-state index is 12.2. The molecule has 0 aliphatic heterocycles. The van der Waals surface area contributed by atoms with E-state index in [1.54, 1.807) is 30.3 Å². The molecule has 0 bridgehead atoms. The van der Waals surface area contributed by atoms with E-state index in [1.165, 1.54) is 0 Å². The molecule has 0 aliphatic carbocycles. The van der Waals surface area contributed by atoms with Gasteiger partial charge in [0.15, 0.2) is 0 Å². The van der Waals surface area contributed by atoms with Crippen LogP contribution in [0.1, 0.15) is 27.0 Å². The molecular formula is C16H15N3O. The molecule has 2 aromatic rings. The normalized spacial score (nSPS) is 9.85. The lowest BCUT2D eigenvalue weighted by molar-refractivity contribution is 0.102. The Balaban J connectivity index is 2.24. The lowest BCUT2D eigenvalue weighted by Gasteiger charge is -2.10. The molecule has 4 nitrogen and oxygen atoms in total. The molecule has 0 atom stereocenters. The van der Waals surface area contributed by atoms with Gasteiger partial charge in [-0.25, -0.2) is 0 Å². The minimum Gasteiger partial charge on any atom is -0.398 e. The number of nitrogens with one attached hydrogen (secondary N) is 1. The number of hydrogen-bond donors (Lipinski definition) is 2. The summed E-state index contributed by atoms with van der Waals surface area (Å²) in [4.78, 5) is 12.2. The molecule has 0 radical (unpaired) electrons. The topological polar surface area (TPSA) is 78.9 Å². The fourth-order valence-electron chi connectivity index (χ4n) is 1.94. The molecule has 100 valence electrons. The molecule has 0 fully saturated rings. The largest absolute Gasteiger partial charge is 0.398 e. The van der Waals surface area contributed by atoms with Gasteiger partial charge in [-0.2, -0.15) is 5.26 Å². The third-order valence-corrected chi connectivity index (χ3v) is 3.13. The Labute approximate surface area is 117 Å². The number of benzene rings is 2. The van der Waals surface area contributed by atoms with E-state index in [0.29, 0.717) is 22.5 Å². The summed E-state index contributed by atoms with van der Waals surface area (Å²) in [7, 11) is 0. The van der Waals surface area contributed by atoms with Crippen molar-refractivity contribution < 1.29 is 4.79 Å². The van der Waals surface area contributed by atoms with Crippen LogP contribution in [0.5, 0.6) is 0 Å². The highest BCUT2D eigenvalue weighted by molar-refractivity contribution is 6.05. The molecule has 0 saturated heterocycles. The van der Waals surface area contributed by atoms with Crippen molar-refractivity contribution in [1.29, 1.82) is 5.26 Å². The molecule has 3 N–H and O–H groups in total. The number of nitrogens with zero attached hydrogens (tertiary/aromatic N) is 1. The van der Waals surface area contributed by atoms with Crippen molar-refractivity contribution in [2.24, 2.45) is 0 Å². The molecule has 0 aromatic heterocycles. The van der Waals surface area contributed by atoms with Gasteiger partial charge in [0.25, 0.3) is 5.91 Å². The Kier molecular flexibility index (Phi) is 3.72. The maximum atomic E-state index is 12.2. The van der Waals surface area contributed by atoms with Gasteiger partial charge in [-0.15, -0.1) is 0 Å². The molecule has 1 amide bonds. The smallest absolute Gasteiger partial charge is 0.256 e. The van der Waals surface area contributed by atoms with Crippen LogP contribution in [0.3, 0.4) is 0 Å². The van der Waals surface area contributed by atoms with Crippen LogP contribution in [0.4, 0.5) is 11.4 Å². The highest BCUT2D eigenvalue weighted by Crippen LogP contribution is 2.19. The van der Waals surface area contributed by atoms with Gasteiger partial charge < -0.3 is 11.1 Å².